The number of benzene rings is 1. The van der Waals surface area contributed by atoms with Gasteiger partial charge in [-0.25, -0.2) is 9.59 Å². The minimum absolute atomic E-state index is 0.0662. The van der Waals surface area contributed by atoms with Gasteiger partial charge in [-0.1, -0.05) is 0 Å². The molecule has 0 bridgehead atoms. The highest BCUT2D eigenvalue weighted by molar-refractivity contribution is 14.1. The van der Waals surface area contributed by atoms with E-state index in [1.165, 1.54) is 0 Å². The minimum Gasteiger partial charge on any atom is -0.478 e. The Morgan fingerprint density at radius 3 is 1.44 bits per heavy atom. The molecular formula is C9H5I3O4. The number of halogens is 3. The smallest absolute Gasteiger partial charge is 0.337 e. The van der Waals surface area contributed by atoms with Crippen LogP contribution in [0.2, 0.25) is 0 Å². The highest BCUT2D eigenvalue weighted by atomic mass is 127. The maximum atomic E-state index is 11.1. The van der Waals surface area contributed by atoms with Crippen LogP contribution < -0.4 is 0 Å². The van der Waals surface area contributed by atoms with Crippen LogP contribution in [0, 0.1) is 17.6 Å². The van der Waals surface area contributed by atoms with E-state index < -0.39 is 11.9 Å². The zero-order valence-corrected chi connectivity index (χ0v) is 14.3. The van der Waals surface area contributed by atoms with Crippen LogP contribution in [-0.4, -0.2) is 22.2 Å². The van der Waals surface area contributed by atoms with Crippen LogP contribution in [-0.2, 0) is 0 Å². The van der Waals surface area contributed by atoms with Crippen molar-refractivity contribution < 1.29 is 19.8 Å². The van der Waals surface area contributed by atoms with Gasteiger partial charge in [0.1, 0.15) is 0 Å². The Hall–Kier alpha value is 0.350. The van der Waals surface area contributed by atoms with E-state index in [4.69, 9.17) is 10.2 Å². The Morgan fingerprint density at radius 2 is 1.19 bits per heavy atom. The van der Waals surface area contributed by atoms with Crippen molar-refractivity contribution in [3.63, 3.8) is 0 Å². The van der Waals surface area contributed by atoms with Crippen molar-refractivity contribution in [3.8, 4) is 0 Å². The zero-order valence-electron chi connectivity index (χ0n) is 7.84. The summed E-state index contributed by atoms with van der Waals surface area (Å²) in [4.78, 5) is 22.2. The molecule has 0 heterocycles. The Kier molecular flexibility index (Phi) is 4.80. The van der Waals surface area contributed by atoms with Crippen molar-refractivity contribution in [1.82, 2.24) is 0 Å². The lowest BCUT2D eigenvalue weighted by Crippen LogP contribution is -2.14. The lowest BCUT2D eigenvalue weighted by Gasteiger charge is -2.12. The van der Waals surface area contributed by atoms with E-state index in [1.54, 1.807) is 29.5 Å². The molecule has 7 heteroatoms. The van der Waals surface area contributed by atoms with Gasteiger partial charge in [-0.15, -0.1) is 0 Å². The van der Waals surface area contributed by atoms with E-state index in [2.05, 4.69) is 0 Å². The molecule has 0 spiro atoms. The molecule has 0 saturated carbocycles. The molecule has 2 N–H and O–H groups in total. The van der Waals surface area contributed by atoms with Crippen molar-refractivity contribution in [3.05, 3.63) is 27.4 Å². The summed E-state index contributed by atoms with van der Waals surface area (Å²) in [5.74, 6) is -2.20. The molecule has 0 saturated heterocycles. The predicted molar refractivity (Wildman–Crippen MR) is 83.2 cm³/mol. The average molecular weight is 558 g/mol. The molecule has 1 aromatic rings. The minimum atomic E-state index is -1.10. The van der Waals surface area contributed by atoms with Crippen molar-refractivity contribution in [2.24, 2.45) is 0 Å². The number of hydrogen-bond donors (Lipinski definition) is 2. The summed E-state index contributed by atoms with van der Waals surface area (Å²) in [6, 6.07) is 0. The molecule has 1 aromatic carbocycles. The molecular weight excluding hydrogens is 553 g/mol. The third-order valence-corrected chi connectivity index (χ3v) is 5.74. The molecule has 16 heavy (non-hydrogen) atoms. The summed E-state index contributed by atoms with van der Waals surface area (Å²) in [6.45, 7) is 1.72. The van der Waals surface area contributed by atoms with E-state index in [0.29, 0.717) is 12.7 Å². The number of carboxylic acid groups (broad SMARTS) is 2. The summed E-state index contributed by atoms with van der Waals surface area (Å²) in [5.41, 5.74) is 0.824. The topological polar surface area (TPSA) is 74.6 Å². The van der Waals surface area contributed by atoms with Crippen molar-refractivity contribution >= 4 is 79.7 Å². The van der Waals surface area contributed by atoms with Gasteiger partial charge in [0.05, 0.1) is 11.1 Å². The van der Waals surface area contributed by atoms with Crippen molar-refractivity contribution in [2.45, 2.75) is 6.92 Å². The maximum Gasteiger partial charge on any atom is 0.337 e. The van der Waals surface area contributed by atoms with Crippen LogP contribution in [0.5, 0.6) is 0 Å². The lowest BCUT2D eigenvalue weighted by molar-refractivity contribution is 0.0694. The standard InChI is InChI=1S/C9H5I3O4/c1-2-5(10)3(8(13)14)7(12)4(6(2)11)9(15)16/h1H3,(H,13,14)(H,15,16). The normalized spacial score (nSPS) is 10.2. The Balaban J connectivity index is 3.80. The molecule has 0 atom stereocenters. The van der Waals surface area contributed by atoms with Gasteiger partial charge in [0.25, 0.3) is 0 Å². The summed E-state index contributed by atoms with van der Waals surface area (Å²) >= 11 is 5.62. The lowest BCUT2D eigenvalue weighted by atomic mass is 10.1. The third-order valence-electron chi connectivity index (χ3n) is 1.96. The van der Waals surface area contributed by atoms with Gasteiger partial charge in [-0.05, 0) is 80.3 Å². The second kappa shape index (κ2) is 5.33. The van der Waals surface area contributed by atoms with Gasteiger partial charge in [0, 0.05) is 10.7 Å². The molecule has 86 valence electrons. The van der Waals surface area contributed by atoms with Gasteiger partial charge in [-0.2, -0.15) is 0 Å². The van der Waals surface area contributed by atoms with Gasteiger partial charge >= 0.3 is 11.9 Å². The molecule has 1 rings (SSSR count). The number of aromatic carboxylic acids is 2. The molecule has 0 amide bonds. The Bertz CT molecular complexity index is 455. The zero-order chi connectivity index (χ0) is 12.6. The first-order chi connectivity index (χ1) is 7.29. The highest BCUT2D eigenvalue weighted by Crippen LogP contribution is 2.31. The van der Waals surface area contributed by atoms with Crippen molar-refractivity contribution in [2.75, 3.05) is 0 Å². The van der Waals surface area contributed by atoms with E-state index in [-0.39, 0.29) is 14.7 Å². The molecule has 0 aliphatic heterocycles. The van der Waals surface area contributed by atoms with Crippen molar-refractivity contribution in [1.29, 1.82) is 0 Å². The molecule has 0 aliphatic rings. The number of hydrogen-bond acceptors (Lipinski definition) is 2. The van der Waals surface area contributed by atoms with Gasteiger partial charge in [0.2, 0.25) is 0 Å². The number of carbonyl (C=O) groups is 2. The SMILES string of the molecule is Cc1c(I)c(C(=O)O)c(I)c(C(=O)O)c1I. The quantitative estimate of drug-likeness (QED) is 0.548. The van der Waals surface area contributed by atoms with Gasteiger partial charge in [0.15, 0.2) is 0 Å². The van der Waals surface area contributed by atoms with Crippen LogP contribution in [0.3, 0.4) is 0 Å². The maximum absolute atomic E-state index is 11.1. The molecule has 0 aromatic heterocycles. The summed E-state index contributed by atoms with van der Waals surface area (Å²) < 4.78 is 1.45. The first-order valence-electron chi connectivity index (χ1n) is 3.92. The van der Waals surface area contributed by atoms with Crippen LogP contribution in [0.1, 0.15) is 26.3 Å². The molecule has 0 radical (unpaired) electrons. The van der Waals surface area contributed by atoms with E-state index in [9.17, 15) is 9.59 Å². The fourth-order valence-corrected chi connectivity index (χ4v) is 5.25. The molecule has 0 unspecified atom stereocenters. The largest absolute Gasteiger partial charge is 0.478 e. The third kappa shape index (κ3) is 2.44. The summed E-state index contributed by atoms with van der Waals surface area (Å²) in [6.07, 6.45) is 0. The Morgan fingerprint density at radius 1 is 0.875 bits per heavy atom. The first-order valence-corrected chi connectivity index (χ1v) is 7.16. The van der Waals surface area contributed by atoms with Crippen LogP contribution >= 0.6 is 67.8 Å². The van der Waals surface area contributed by atoms with Crippen LogP contribution in [0.4, 0.5) is 0 Å². The Labute approximate surface area is 132 Å². The summed E-state index contributed by atoms with van der Waals surface area (Å²) in [7, 11) is 0. The van der Waals surface area contributed by atoms with E-state index in [0.717, 1.165) is 0 Å². The molecule has 0 fully saturated rings. The summed E-state index contributed by atoms with van der Waals surface area (Å²) in [5, 5.41) is 18.1. The fraction of sp³-hybridized carbons (Fsp3) is 0.111. The number of carboxylic acids is 2. The fourth-order valence-electron chi connectivity index (χ4n) is 1.16. The molecule has 4 nitrogen and oxygen atoms in total. The number of rotatable bonds is 2. The van der Waals surface area contributed by atoms with E-state index >= 15 is 0 Å². The van der Waals surface area contributed by atoms with Gasteiger partial charge < -0.3 is 10.2 Å². The molecule has 0 aliphatic carbocycles. The van der Waals surface area contributed by atoms with E-state index in [1.807, 2.05) is 45.2 Å². The highest BCUT2D eigenvalue weighted by Gasteiger charge is 2.25. The van der Waals surface area contributed by atoms with Crippen LogP contribution in [0.25, 0.3) is 0 Å². The van der Waals surface area contributed by atoms with Crippen LogP contribution in [0.15, 0.2) is 0 Å². The predicted octanol–water partition coefficient (Wildman–Crippen LogP) is 3.21. The second-order valence-corrected chi connectivity index (χ2v) is 6.16. The monoisotopic (exact) mass is 558 g/mol. The average Bonchev–Trinajstić information content (AvgIpc) is 2.13. The van der Waals surface area contributed by atoms with Gasteiger partial charge in [-0.3, -0.25) is 0 Å². The second-order valence-electron chi connectivity index (χ2n) is 2.93. The first kappa shape index (κ1) is 14.4.